The molecule has 0 atom stereocenters. The van der Waals surface area contributed by atoms with Crippen LogP contribution in [0.2, 0.25) is 0 Å². The van der Waals surface area contributed by atoms with Gasteiger partial charge in [-0.05, 0) is 48.7 Å². The Morgan fingerprint density at radius 2 is 2.00 bits per heavy atom. The molecule has 2 amide bonds. The number of rotatable bonds is 5. The first kappa shape index (κ1) is 17.7. The number of carbonyl (C=O) groups excluding carboxylic acids is 2. The number of hydrogen-bond acceptors (Lipinski definition) is 4. The summed E-state index contributed by atoms with van der Waals surface area (Å²) in [5.41, 5.74) is 8.49. The third-order valence-electron chi connectivity index (χ3n) is 3.65. The Labute approximate surface area is 147 Å². The van der Waals surface area contributed by atoms with Crippen molar-refractivity contribution in [1.29, 1.82) is 0 Å². The van der Waals surface area contributed by atoms with E-state index < -0.39 is 5.91 Å². The SMILES string of the molecule is CCc1c(C)sc(NC(=O)Cn2nc(C)c(Br)c2C)c1C(N)=O. The van der Waals surface area contributed by atoms with Crippen molar-refractivity contribution in [2.45, 2.75) is 40.7 Å². The first-order valence-corrected chi connectivity index (χ1v) is 8.78. The van der Waals surface area contributed by atoms with E-state index in [1.165, 1.54) is 11.3 Å². The van der Waals surface area contributed by atoms with Crippen molar-refractivity contribution < 1.29 is 9.59 Å². The van der Waals surface area contributed by atoms with Gasteiger partial charge in [-0.15, -0.1) is 11.3 Å². The van der Waals surface area contributed by atoms with Crippen molar-refractivity contribution in [1.82, 2.24) is 9.78 Å². The fraction of sp³-hybridized carbons (Fsp3) is 0.400. The number of thiophene rings is 1. The van der Waals surface area contributed by atoms with E-state index in [1.807, 2.05) is 27.7 Å². The molecular weight excluding hydrogens is 380 g/mol. The number of halogens is 1. The van der Waals surface area contributed by atoms with Gasteiger partial charge in [-0.3, -0.25) is 14.3 Å². The highest BCUT2D eigenvalue weighted by Gasteiger charge is 2.21. The summed E-state index contributed by atoms with van der Waals surface area (Å²) in [6.07, 6.45) is 0.695. The van der Waals surface area contributed by atoms with Crippen molar-refractivity contribution in [3.05, 3.63) is 31.9 Å². The number of carbonyl (C=O) groups is 2. The van der Waals surface area contributed by atoms with Crippen LogP contribution in [-0.2, 0) is 17.8 Å². The lowest BCUT2D eigenvalue weighted by Gasteiger charge is -2.07. The average molecular weight is 399 g/mol. The highest BCUT2D eigenvalue weighted by Crippen LogP contribution is 2.33. The van der Waals surface area contributed by atoms with Gasteiger partial charge in [0.15, 0.2) is 0 Å². The summed E-state index contributed by atoms with van der Waals surface area (Å²) in [4.78, 5) is 25.0. The number of primary amides is 1. The zero-order valence-electron chi connectivity index (χ0n) is 13.5. The lowest BCUT2D eigenvalue weighted by Crippen LogP contribution is -2.22. The summed E-state index contributed by atoms with van der Waals surface area (Å²) >= 11 is 4.81. The van der Waals surface area contributed by atoms with Crippen LogP contribution >= 0.6 is 27.3 Å². The van der Waals surface area contributed by atoms with Crippen LogP contribution in [-0.4, -0.2) is 21.6 Å². The zero-order chi connectivity index (χ0) is 17.3. The first-order valence-electron chi connectivity index (χ1n) is 7.17. The van der Waals surface area contributed by atoms with Crippen molar-refractivity contribution in [3.8, 4) is 0 Å². The molecule has 0 spiro atoms. The Hall–Kier alpha value is -1.67. The highest BCUT2D eigenvalue weighted by atomic mass is 79.9. The number of aryl methyl sites for hydroxylation is 2. The molecule has 2 rings (SSSR count). The smallest absolute Gasteiger partial charge is 0.251 e. The second-order valence-electron chi connectivity index (χ2n) is 5.25. The maximum atomic E-state index is 12.3. The summed E-state index contributed by atoms with van der Waals surface area (Å²) < 4.78 is 2.52. The molecule has 3 N–H and O–H groups in total. The van der Waals surface area contributed by atoms with E-state index in [2.05, 4.69) is 26.3 Å². The number of amides is 2. The molecule has 23 heavy (non-hydrogen) atoms. The first-order chi connectivity index (χ1) is 10.8. The van der Waals surface area contributed by atoms with Gasteiger partial charge in [0.25, 0.3) is 5.91 Å². The van der Waals surface area contributed by atoms with Crippen LogP contribution in [0.1, 0.15) is 39.1 Å². The van der Waals surface area contributed by atoms with Crippen LogP contribution in [0, 0.1) is 20.8 Å². The summed E-state index contributed by atoms with van der Waals surface area (Å²) in [6.45, 7) is 7.71. The van der Waals surface area contributed by atoms with Crippen molar-refractivity contribution >= 4 is 44.1 Å². The molecule has 2 aromatic heterocycles. The van der Waals surface area contributed by atoms with Crippen molar-refractivity contribution in [3.63, 3.8) is 0 Å². The van der Waals surface area contributed by atoms with Crippen LogP contribution in [0.15, 0.2) is 4.47 Å². The Bertz CT molecular complexity index is 779. The van der Waals surface area contributed by atoms with Crippen LogP contribution in [0.5, 0.6) is 0 Å². The highest BCUT2D eigenvalue weighted by molar-refractivity contribution is 9.10. The molecule has 8 heteroatoms. The minimum atomic E-state index is -0.518. The standard InChI is InChI=1S/C15H19BrN4O2S/c1-5-10-9(4)23-15(12(10)14(17)22)18-11(21)6-20-8(3)13(16)7(2)19-20/h5-6H2,1-4H3,(H2,17,22)(H,18,21). The van der Waals surface area contributed by atoms with Crippen LogP contribution < -0.4 is 11.1 Å². The van der Waals surface area contributed by atoms with E-state index in [-0.39, 0.29) is 12.5 Å². The van der Waals surface area contributed by atoms with E-state index in [9.17, 15) is 9.59 Å². The van der Waals surface area contributed by atoms with Gasteiger partial charge in [0.05, 0.1) is 21.4 Å². The minimum Gasteiger partial charge on any atom is -0.365 e. The Balaban J connectivity index is 2.24. The topological polar surface area (TPSA) is 90.0 Å². The summed E-state index contributed by atoms with van der Waals surface area (Å²) in [5, 5.41) is 7.61. The number of nitrogens with zero attached hydrogens (tertiary/aromatic N) is 2. The summed E-state index contributed by atoms with van der Waals surface area (Å²) in [6, 6.07) is 0. The van der Waals surface area contributed by atoms with Gasteiger partial charge in [-0.1, -0.05) is 6.92 Å². The zero-order valence-corrected chi connectivity index (χ0v) is 15.9. The van der Waals surface area contributed by atoms with Gasteiger partial charge in [-0.25, -0.2) is 0 Å². The molecule has 0 aliphatic rings. The predicted molar refractivity (Wildman–Crippen MR) is 95.0 cm³/mol. The van der Waals surface area contributed by atoms with Crippen LogP contribution in [0.4, 0.5) is 5.00 Å². The largest absolute Gasteiger partial charge is 0.365 e. The van der Waals surface area contributed by atoms with Gasteiger partial charge in [-0.2, -0.15) is 5.10 Å². The third kappa shape index (κ3) is 3.48. The Morgan fingerprint density at radius 3 is 2.48 bits per heavy atom. The van der Waals surface area contributed by atoms with E-state index >= 15 is 0 Å². The van der Waals surface area contributed by atoms with Gasteiger partial charge in [0.1, 0.15) is 11.5 Å². The van der Waals surface area contributed by atoms with Gasteiger partial charge >= 0.3 is 0 Å². The molecule has 0 aliphatic carbocycles. The fourth-order valence-electron chi connectivity index (χ4n) is 2.48. The molecular formula is C15H19BrN4O2S. The molecule has 0 saturated heterocycles. The Kier molecular flexibility index (Phi) is 5.26. The molecule has 124 valence electrons. The van der Waals surface area contributed by atoms with E-state index in [4.69, 9.17) is 5.73 Å². The Morgan fingerprint density at radius 1 is 1.35 bits per heavy atom. The molecule has 0 radical (unpaired) electrons. The quantitative estimate of drug-likeness (QED) is 0.810. The fourth-order valence-corrected chi connectivity index (χ4v) is 3.93. The molecule has 0 aromatic carbocycles. The van der Waals surface area contributed by atoms with Crippen molar-refractivity contribution in [2.75, 3.05) is 5.32 Å². The number of anilines is 1. The predicted octanol–water partition coefficient (Wildman–Crippen LogP) is 2.93. The van der Waals surface area contributed by atoms with Crippen LogP contribution in [0.25, 0.3) is 0 Å². The monoisotopic (exact) mass is 398 g/mol. The molecule has 0 aliphatic heterocycles. The molecule has 6 nitrogen and oxygen atoms in total. The molecule has 2 aromatic rings. The third-order valence-corrected chi connectivity index (χ3v) is 5.86. The maximum absolute atomic E-state index is 12.3. The molecule has 2 heterocycles. The summed E-state index contributed by atoms with van der Waals surface area (Å²) in [5.74, 6) is -0.759. The number of hydrogen-bond donors (Lipinski definition) is 2. The molecule has 0 bridgehead atoms. The van der Waals surface area contributed by atoms with E-state index in [0.717, 1.165) is 26.3 Å². The maximum Gasteiger partial charge on any atom is 0.251 e. The van der Waals surface area contributed by atoms with Crippen LogP contribution in [0.3, 0.4) is 0 Å². The minimum absolute atomic E-state index is 0.0783. The van der Waals surface area contributed by atoms with E-state index in [1.54, 1.807) is 4.68 Å². The molecule has 0 saturated carbocycles. The lowest BCUT2D eigenvalue weighted by atomic mass is 10.1. The average Bonchev–Trinajstić information content (AvgIpc) is 2.90. The number of nitrogens with one attached hydrogen (secondary N) is 1. The molecule has 0 fully saturated rings. The second kappa shape index (κ2) is 6.84. The normalized spacial score (nSPS) is 10.8. The van der Waals surface area contributed by atoms with E-state index in [0.29, 0.717) is 17.0 Å². The van der Waals surface area contributed by atoms with Crippen molar-refractivity contribution in [2.24, 2.45) is 5.73 Å². The summed E-state index contributed by atoms with van der Waals surface area (Å²) in [7, 11) is 0. The lowest BCUT2D eigenvalue weighted by molar-refractivity contribution is -0.116. The van der Waals surface area contributed by atoms with Gasteiger partial charge < -0.3 is 11.1 Å². The number of aromatic nitrogens is 2. The van der Waals surface area contributed by atoms with Gasteiger partial charge in [0, 0.05) is 4.88 Å². The number of nitrogens with two attached hydrogens (primary N) is 1. The van der Waals surface area contributed by atoms with Gasteiger partial charge in [0.2, 0.25) is 5.91 Å². The second-order valence-corrected chi connectivity index (χ2v) is 7.27. The molecule has 0 unspecified atom stereocenters.